The predicted octanol–water partition coefficient (Wildman–Crippen LogP) is 4.75. The second-order valence-corrected chi connectivity index (χ2v) is 9.35. The Kier molecular flexibility index (Phi) is 4.88. The van der Waals surface area contributed by atoms with Crippen LogP contribution in [0, 0.1) is 18.8 Å². The first-order valence-electron chi connectivity index (χ1n) is 11.3. The minimum absolute atomic E-state index is 0.120. The third-order valence-corrected chi connectivity index (χ3v) is 6.99. The fourth-order valence-corrected chi connectivity index (χ4v) is 5.00. The molecule has 2 amide bonds. The SMILES string of the molecule is Cc1ccc([C@H]2C=C(c3ccc(Cl)cc3)Nc3nc(N4C(=O)[C@H]5CC=CC[C@@H]5C4=O)nn32)cc1. The Balaban J connectivity index is 1.42. The number of amides is 2. The highest BCUT2D eigenvalue weighted by Crippen LogP contribution is 2.39. The van der Waals surface area contributed by atoms with Gasteiger partial charge in [0.25, 0.3) is 5.95 Å². The van der Waals surface area contributed by atoms with Crippen molar-refractivity contribution in [2.24, 2.45) is 11.8 Å². The van der Waals surface area contributed by atoms with Crippen molar-refractivity contribution in [2.45, 2.75) is 25.8 Å². The highest BCUT2D eigenvalue weighted by atomic mass is 35.5. The van der Waals surface area contributed by atoms with E-state index in [1.165, 1.54) is 4.90 Å². The number of nitrogens with zero attached hydrogens (tertiary/aromatic N) is 4. The molecule has 0 radical (unpaired) electrons. The third kappa shape index (κ3) is 3.35. The number of fused-ring (bicyclic) bond motifs is 2. The van der Waals surface area contributed by atoms with Gasteiger partial charge in [-0.3, -0.25) is 9.59 Å². The molecule has 0 spiro atoms. The molecule has 0 unspecified atom stereocenters. The summed E-state index contributed by atoms with van der Waals surface area (Å²) in [4.78, 5) is 32.0. The summed E-state index contributed by atoms with van der Waals surface area (Å²) in [5, 5.41) is 8.64. The standard InChI is InChI=1S/C26H22ClN5O2/c1-15-6-8-17(9-7-15)22-14-21(16-10-12-18(27)13-11-16)28-25-29-26(30-32(22)25)31-23(33)19-4-2-3-5-20(19)24(31)34/h2-3,6-14,19-20,22H,4-5H2,1H3,(H,28,29,30)/t19-,20-,22+/m0/s1. The number of carbonyl (C=O) groups is 2. The van der Waals surface area contributed by atoms with E-state index in [-0.39, 0.29) is 35.6 Å². The molecule has 3 atom stereocenters. The molecule has 1 saturated heterocycles. The number of hydrogen-bond donors (Lipinski definition) is 1. The Morgan fingerprint density at radius 3 is 2.24 bits per heavy atom. The van der Waals surface area contributed by atoms with Gasteiger partial charge in [0.15, 0.2) is 0 Å². The van der Waals surface area contributed by atoms with Gasteiger partial charge in [0.1, 0.15) is 6.04 Å². The zero-order valence-electron chi connectivity index (χ0n) is 18.5. The second kappa shape index (κ2) is 7.95. The van der Waals surface area contributed by atoms with Gasteiger partial charge in [0.05, 0.1) is 11.8 Å². The first-order valence-corrected chi connectivity index (χ1v) is 11.7. The Hall–Kier alpha value is -3.71. The van der Waals surface area contributed by atoms with Crippen LogP contribution in [-0.2, 0) is 9.59 Å². The quantitative estimate of drug-likeness (QED) is 0.440. The van der Waals surface area contributed by atoms with Crippen LogP contribution < -0.4 is 10.2 Å². The zero-order chi connectivity index (χ0) is 23.4. The molecule has 8 heteroatoms. The number of anilines is 2. The summed E-state index contributed by atoms with van der Waals surface area (Å²) in [6.07, 6.45) is 7.16. The number of benzene rings is 2. The summed E-state index contributed by atoms with van der Waals surface area (Å²) in [5.74, 6) is -0.514. The minimum atomic E-state index is -0.332. The normalized spacial score (nSPS) is 23.4. The molecule has 0 bridgehead atoms. The lowest BCUT2D eigenvalue weighted by atomic mass is 9.85. The number of rotatable bonds is 3. The first kappa shape index (κ1) is 20.9. The molecule has 1 aromatic heterocycles. The number of carbonyl (C=O) groups excluding carboxylic acids is 2. The van der Waals surface area contributed by atoms with Gasteiger partial charge in [-0.15, -0.1) is 5.10 Å². The van der Waals surface area contributed by atoms with E-state index in [1.54, 1.807) is 4.68 Å². The van der Waals surface area contributed by atoms with E-state index in [0.717, 1.165) is 22.4 Å². The van der Waals surface area contributed by atoms with Gasteiger partial charge < -0.3 is 5.32 Å². The molecule has 3 aliphatic rings. The van der Waals surface area contributed by atoms with E-state index < -0.39 is 0 Å². The van der Waals surface area contributed by atoms with Crippen LogP contribution in [0.15, 0.2) is 66.8 Å². The van der Waals surface area contributed by atoms with Crippen LogP contribution in [0.2, 0.25) is 5.02 Å². The molecule has 3 aromatic rings. The monoisotopic (exact) mass is 471 g/mol. The number of hydrogen-bond acceptors (Lipinski definition) is 5. The van der Waals surface area contributed by atoms with Crippen molar-refractivity contribution >= 4 is 41.0 Å². The van der Waals surface area contributed by atoms with Gasteiger partial charge in [0, 0.05) is 10.7 Å². The fourth-order valence-electron chi connectivity index (χ4n) is 4.87. The Bertz CT molecular complexity index is 1330. The smallest absolute Gasteiger partial charge is 0.260 e. The van der Waals surface area contributed by atoms with Crippen molar-refractivity contribution < 1.29 is 9.59 Å². The van der Waals surface area contributed by atoms with Crippen LogP contribution in [0.25, 0.3) is 5.70 Å². The maximum atomic E-state index is 13.1. The molecule has 0 saturated carbocycles. The van der Waals surface area contributed by atoms with Crippen molar-refractivity contribution in [3.63, 3.8) is 0 Å². The average Bonchev–Trinajstić information content (AvgIpc) is 3.38. The van der Waals surface area contributed by atoms with Crippen molar-refractivity contribution in [3.05, 3.63) is 88.5 Å². The van der Waals surface area contributed by atoms with Gasteiger partial charge in [-0.05, 0) is 49.1 Å². The molecule has 170 valence electrons. The van der Waals surface area contributed by atoms with E-state index >= 15 is 0 Å². The van der Waals surface area contributed by atoms with Crippen LogP contribution in [0.4, 0.5) is 11.9 Å². The van der Waals surface area contributed by atoms with Gasteiger partial charge in [-0.1, -0.05) is 65.7 Å². The molecule has 34 heavy (non-hydrogen) atoms. The fraction of sp³-hybridized carbons (Fsp3) is 0.231. The van der Waals surface area contributed by atoms with Gasteiger partial charge in [-0.2, -0.15) is 4.98 Å². The largest absolute Gasteiger partial charge is 0.324 e. The van der Waals surface area contributed by atoms with E-state index in [4.69, 9.17) is 11.6 Å². The summed E-state index contributed by atoms with van der Waals surface area (Å²) in [6, 6.07) is 15.5. The minimum Gasteiger partial charge on any atom is -0.324 e. The lowest BCUT2D eigenvalue weighted by Gasteiger charge is -2.24. The third-order valence-electron chi connectivity index (χ3n) is 6.74. The van der Waals surface area contributed by atoms with E-state index in [0.29, 0.717) is 23.8 Å². The number of imide groups is 1. The van der Waals surface area contributed by atoms with Gasteiger partial charge >= 0.3 is 0 Å². The predicted molar refractivity (Wildman–Crippen MR) is 130 cm³/mol. The van der Waals surface area contributed by atoms with Crippen LogP contribution in [0.5, 0.6) is 0 Å². The van der Waals surface area contributed by atoms with Crippen molar-refractivity contribution in [1.82, 2.24) is 14.8 Å². The van der Waals surface area contributed by atoms with E-state index in [9.17, 15) is 9.59 Å². The Morgan fingerprint density at radius 2 is 1.59 bits per heavy atom. The summed E-state index contributed by atoms with van der Waals surface area (Å²) in [5.41, 5.74) is 3.98. The van der Waals surface area contributed by atoms with Crippen LogP contribution in [0.3, 0.4) is 0 Å². The second-order valence-electron chi connectivity index (χ2n) is 8.92. The highest BCUT2D eigenvalue weighted by molar-refractivity contribution is 6.30. The number of aryl methyl sites for hydroxylation is 1. The van der Waals surface area contributed by atoms with Crippen LogP contribution in [0.1, 0.15) is 35.6 Å². The zero-order valence-corrected chi connectivity index (χ0v) is 19.2. The summed E-state index contributed by atoms with van der Waals surface area (Å²) >= 11 is 6.09. The lowest BCUT2D eigenvalue weighted by Crippen LogP contribution is -2.32. The number of aromatic nitrogens is 3. The van der Waals surface area contributed by atoms with Gasteiger partial charge in [0.2, 0.25) is 17.8 Å². The van der Waals surface area contributed by atoms with E-state index in [1.807, 2.05) is 43.3 Å². The number of halogens is 1. The molecule has 3 heterocycles. The van der Waals surface area contributed by atoms with E-state index in [2.05, 4.69) is 45.7 Å². The Labute approximate surface area is 201 Å². The van der Waals surface area contributed by atoms with Crippen LogP contribution in [-0.4, -0.2) is 26.6 Å². The average molecular weight is 472 g/mol. The van der Waals surface area contributed by atoms with Crippen molar-refractivity contribution in [1.29, 1.82) is 0 Å². The highest BCUT2D eigenvalue weighted by Gasteiger charge is 2.49. The van der Waals surface area contributed by atoms with Gasteiger partial charge in [-0.25, -0.2) is 9.58 Å². The molecule has 1 aliphatic carbocycles. The topological polar surface area (TPSA) is 80.1 Å². The molecular weight excluding hydrogens is 450 g/mol. The summed E-state index contributed by atoms with van der Waals surface area (Å²) < 4.78 is 1.74. The molecule has 2 aromatic carbocycles. The molecule has 6 rings (SSSR count). The summed E-state index contributed by atoms with van der Waals surface area (Å²) in [6.45, 7) is 2.04. The molecular formula is C26H22ClN5O2. The maximum Gasteiger partial charge on any atom is 0.260 e. The van der Waals surface area contributed by atoms with Crippen molar-refractivity contribution in [2.75, 3.05) is 10.2 Å². The first-order chi connectivity index (χ1) is 16.5. The molecule has 1 N–H and O–H groups in total. The molecule has 7 nitrogen and oxygen atoms in total. The maximum absolute atomic E-state index is 13.1. The van der Waals surface area contributed by atoms with Crippen molar-refractivity contribution in [3.8, 4) is 0 Å². The Morgan fingerprint density at radius 1 is 0.941 bits per heavy atom. The number of nitrogens with one attached hydrogen (secondary N) is 1. The van der Waals surface area contributed by atoms with Crippen LogP contribution >= 0.6 is 11.6 Å². The molecule has 1 fully saturated rings. The molecule has 2 aliphatic heterocycles. The lowest BCUT2D eigenvalue weighted by molar-refractivity contribution is -0.122. The number of allylic oxidation sites excluding steroid dienone is 3. The summed E-state index contributed by atoms with van der Waals surface area (Å²) in [7, 11) is 0.